The van der Waals surface area contributed by atoms with Crippen molar-refractivity contribution in [2.75, 3.05) is 26.2 Å². The molecule has 4 fully saturated rings. The van der Waals surface area contributed by atoms with Gasteiger partial charge < -0.3 is 19.9 Å². The smallest absolute Gasteiger partial charge is 0.256 e. The number of likely N-dealkylation sites (tertiary alicyclic amines) is 1. The lowest BCUT2D eigenvalue weighted by atomic mass is 9.71. The third-order valence-electron chi connectivity index (χ3n) is 7.60. The van der Waals surface area contributed by atoms with E-state index in [0.717, 1.165) is 38.9 Å². The van der Waals surface area contributed by atoms with Crippen LogP contribution < -0.4 is 5.32 Å². The van der Waals surface area contributed by atoms with Gasteiger partial charge in [-0.05, 0) is 51.6 Å². The van der Waals surface area contributed by atoms with Crippen LogP contribution in [0.5, 0.6) is 0 Å². The lowest BCUT2D eigenvalue weighted by Gasteiger charge is -2.57. The maximum Gasteiger partial charge on any atom is 0.256 e. The Morgan fingerprint density at radius 1 is 1.20 bits per heavy atom. The van der Waals surface area contributed by atoms with Crippen molar-refractivity contribution in [3.63, 3.8) is 0 Å². The summed E-state index contributed by atoms with van der Waals surface area (Å²) in [5, 5.41) is 2.98. The Morgan fingerprint density at radius 3 is 2.80 bits per heavy atom. The lowest BCUT2D eigenvalue weighted by molar-refractivity contribution is -0.187. The zero-order valence-electron chi connectivity index (χ0n) is 17.3. The van der Waals surface area contributed by atoms with Crippen LogP contribution in [0.25, 0.3) is 0 Å². The number of Topliss-reactive ketones (excluding diaryl/α,β-unsaturated/α-hetero) is 1. The Hall–Kier alpha value is -1.18. The number of fused-ring (bicyclic) bond motifs is 2. The topological polar surface area (TPSA) is 61.9 Å². The zero-order valence-corrected chi connectivity index (χ0v) is 18.0. The maximum absolute atomic E-state index is 14.5. The summed E-state index contributed by atoms with van der Waals surface area (Å²) in [4.78, 5) is 30.6. The molecule has 30 heavy (non-hydrogen) atoms. The fourth-order valence-electron chi connectivity index (χ4n) is 6.14. The number of rotatable bonds is 4. The Bertz CT molecular complexity index is 728. The number of alkyl halides is 2. The van der Waals surface area contributed by atoms with E-state index in [0.29, 0.717) is 13.0 Å². The molecule has 8 heteroatoms. The second kappa shape index (κ2) is 8.40. The Labute approximate surface area is 182 Å². The van der Waals surface area contributed by atoms with Crippen LogP contribution in [0.1, 0.15) is 44.9 Å². The molecule has 2 aliphatic carbocycles. The van der Waals surface area contributed by atoms with Gasteiger partial charge in [-0.25, -0.2) is 4.39 Å². The average molecular weight is 440 g/mol. The highest BCUT2D eigenvalue weighted by Gasteiger charge is 2.55. The first-order valence-electron chi connectivity index (χ1n) is 11.5. The van der Waals surface area contributed by atoms with Crippen molar-refractivity contribution < 1.29 is 18.7 Å². The minimum Gasteiger partial charge on any atom is -0.371 e. The van der Waals surface area contributed by atoms with Gasteiger partial charge in [-0.3, -0.25) is 9.59 Å². The van der Waals surface area contributed by atoms with E-state index in [9.17, 15) is 14.0 Å². The summed E-state index contributed by atoms with van der Waals surface area (Å²) < 4.78 is 20.8. The van der Waals surface area contributed by atoms with Gasteiger partial charge in [-0.2, -0.15) is 0 Å². The van der Waals surface area contributed by atoms with Crippen molar-refractivity contribution >= 4 is 23.3 Å². The molecule has 0 bridgehead atoms. The molecule has 2 saturated heterocycles. The van der Waals surface area contributed by atoms with E-state index in [1.54, 1.807) is 6.20 Å². The Kier molecular flexibility index (Phi) is 5.80. The van der Waals surface area contributed by atoms with E-state index in [4.69, 9.17) is 16.3 Å². The van der Waals surface area contributed by atoms with Crippen LogP contribution in [0.15, 0.2) is 11.8 Å². The molecule has 0 spiro atoms. The molecular weight excluding hydrogens is 409 g/mol. The van der Waals surface area contributed by atoms with Crippen molar-refractivity contribution in [1.82, 2.24) is 15.1 Å². The first-order chi connectivity index (χ1) is 14.5. The van der Waals surface area contributed by atoms with Gasteiger partial charge in [-0.15, -0.1) is 11.6 Å². The van der Waals surface area contributed by atoms with Crippen LogP contribution in [-0.4, -0.2) is 83.5 Å². The maximum atomic E-state index is 14.5. The number of carbonyl (C=O) groups excluding carboxylic acids is 2. The van der Waals surface area contributed by atoms with Gasteiger partial charge in [0.15, 0.2) is 5.78 Å². The van der Waals surface area contributed by atoms with Gasteiger partial charge in [0.1, 0.15) is 6.17 Å². The molecule has 0 radical (unpaired) electrons. The molecule has 7 unspecified atom stereocenters. The first-order valence-corrected chi connectivity index (χ1v) is 11.9. The summed E-state index contributed by atoms with van der Waals surface area (Å²) in [6.45, 7) is 3.45. The minimum atomic E-state index is -1.07. The number of hydrogen-bond acceptors (Lipinski definition) is 5. The second-order valence-electron chi connectivity index (χ2n) is 9.52. The van der Waals surface area contributed by atoms with E-state index in [1.807, 2.05) is 0 Å². The van der Waals surface area contributed by atoms with Crippen molar-refractivity contribution in [3.8, 4) is 0 Å². The van der Waals surface area contributed by atoms with Gasteiger partial charge in [0.05, 0.1) is 29.9 Å². The summed E-state index contributed by atoms with van der Waals surface area (Å²) in [6.07, 6.45) is 5.72. The first kappa shape index (κ1) is 20.7. The number of carbonyl (C=O) groups is 2. The van der Waals surface area contributed by atoms with Crippen molar-refractivity contribution in [2.24, 2.45) is 5.92 Å². The largest absolute Gasteiger partial charge is 0.371 e. The predicted molar refractivity (Wildman–Crippen MR) is 111 cm³/mol. The Morgan fingerprint density at radius 2 is 2.00 bits per heavy atom. The van der Waals surface area contributed by atoms with Gasteiger partial charge >= 0.3 is 0 Å². The van der Waals surface area contributed by atoms with Gasteiger partial charge in [0.25, 0.3) is 5.91 Å². The third-order valence-corrected chi connectivity index (χ3v) is 7.99. The highest BCUT2D eigenvalue weighted by atomic mass is 35.5. The van der Waals surface area contributed by atoms with Crippen LogP contribution in [0.2, 0.25) is 0 Å². The van der Waals surface area contributed by atoms with E-state index in [-0.39, 0.29) is 53.4 Å². The lowest BCUT2D eigenvalue weighted by Crippen LogP contribution is -2.67. The summed E-state index contributed by atoms with van der Waals surface area (Å²) in [6, 6.07) is -0.143. The number of halogens is 2. The molecule has 1 N–H and O–H groups in total. The molecule has 5 rings (SSSR count). The molecule has 1 amide bonds. The number of hydrogen-bond donors (Lipinski definition) is 1. The molecule has 7 atom stereocenters. The molecule has 5 aliphatic rings. The van der Waals surface area contributed by atoms with Crippen LogP contribution in [0, 0.1) is 5.92 Å². The van der Waals surface area contributed by atoms with E-state index in [2.05, 4.69) is 15.1 Å². The van der Waals surface area contributed by atoms with Gasteiger partial charge in [0, 0.05) is 37.0 Å². The van der Waals surface area contributed by atoms with E-state index in [1.165, 1.54) is 12.8 Å². The minimum absolute atomic E-state index is 0.0175. The van der Waals surface area contributed by atoms with Gasteiger partial charge in [-0.1, -0.05) is 0 Å². The Balaban J connectivity index is 1.36. The number of morpholine rings is 1. The number of ketones is 1. The number of nitrogens with zero attached hydrogens (tertiary/aromatic N) is 2. The number of nitrogens with one attached hydrogen (secondary N) is 1. The van der Waals surface area contributed by atoms with Crippen LogP contribution in [-0.2, 0) is 14.3 Å². The molecule has 0 aromatic heterocycles. The highest BCUT2D eigenvalue weighted by Crippen LogP contribution is 2.45. The average Bonchev–Trinajstić information content (AvgIpc) is 3.23. The van der Waals surface area contributed by atoms with Crippen LogP contribution in [0.3, 0.4) is 0 Å². The van der Waals surface area contributed by atoms with E-state index >= 15 is 0 Å². The van der Waals surface area contributed by atoms with Crippen molar-refractivity contribution in [3.05, 3.63) is 11.8 Å². The number of amides is 1. The SMILES string of the molecule is O=C(NCCN1CCCC1)C1=CN2C3CC(Cl)CCC3OC3CC(F)CC(C1=O)C32. The molecule has 6 nitrogen and oxygen atoms in total. The molecule has 0 aromatic rings. The molecule has 3 heterocycles. The van der Waals surface area contributed by atoms with Crippen LogP contribution >= 0.6 is 11.6 Å². The highest BCUT2D eigenvalue weighted by molar-refractivity contribution is 6.21. The fourth-order valence-corrected chi connectivity index (χ4v) is 6.45. The van der Waals surface area contributed by atoms with Crippen molar-refractivity contribution in [2.45, 2.75) is 80.8 Å². The summed E-state index contributed by atoms with van der Waals surface area (Å²) in [5.41, 5.74) is 0.169. The molecule has 166 valence electrons. The quantitative estimate of drug-likeness (QED) is 0.536. The standard InChI is InChI=1S/C22H31ClFN3O3/c23-13-3-4-18-17(9-13)27-12-16(22(29)25-5-8-26-6-1-2-7-26)21(28)15-10-14(24)11-19(30-18)20(15)27/h12-15,17-20H,1-11H2,(H,25,29). The summed E-state index contributed by atoms with van der Waals surface area (Å²) in [5.74, 6) is -1.10. The monoisotopic (exact) mass is 439 g/mol. The molecule has 0 aromatic carbocycles. The number of ether oxygens (including phenoxy) is 1. The molecule has 2 saturated carbocycles. The van der Waals surface area contributed by atoms with Crippen molar-refractivity contribution in [1.29, 1.82) is 0 Å². The molecule has 3 aliphatic heterocycles. The molecular formula is C22H31ClFN3O3. The summed E-state index contributed by atoms with van der Waals surface area (Å²) in [7, 11) is 0. The predicted octanol–water partition coefficient (Wildman–Crippen LogP) is 2.01. The zero-order chi connectivity index (χ0) is 20.8. The van der Waals surface area contributed by atoms with Crippen LogP contribution in [0.4, 0.5) is 4.39 Å². The van der Waals surface area contributed by atoms with E-state index < -0.39 is 12.1 Å². The fraction of sp³-hybridized carbons (Fsp3) is 0.818. The second-order valence-corrected chi connectivity index (χ2v) is 10.1. The summed E-state index contributed by atoms with van der Waals surface area (Å²) >= 11 is 6.46. The normalized spacial score (nSPS) is 41.1. The van der Waals surface area contributed by atoms with Gasteiger partial charge in [0.2, 0.25) is 0 Å². The third kappa shape index (κ3) is 3.78.